The fraction of sp³-hybridized carbons (Fsp3) is 0.500. The predicted octanol–water partition coefficient (Wildman–Crippen LogP) is 3.35. The van der Waals surface area contributed by atoms with Crippen molar-refractivity contribution in [3.05, 3.63) is 34.7 Å². The first-order valence-electron chi connectivity index (χ1n) is 8.15. The molecule has 0 unspecified atom stereocenters. The second-order valence-corrected chi connectivity index (χ2v) is 6.22. The summed E-state index contributed by atoms with van der Waals surface area (Å²) in [6.45, 7) is 5.73. The van der Waals surface area contributed by atoms with E-state index >= 15 is 0 Å². The Hall–Kier alpha value is -2.21. The van der Waals surface area contributed by atoms with Gasteiger partial charge in [0.05, 0.1) is 19.9 Å². The van der Waals surface area contributed by atoms with Crippen LogP contribution in [-0.2, 0) is 6.54 Å². The van der Waals surface area contributed by atoms with E-state index in [-0.39, 0.29) is 5.75 Å². The van der Waals surface area contributed by atoms with Crippen LogP contribution in [0.15, 0.2) is 16.7 Å². The molecule has 1 atom stereocenters. The van der Waals surface area contributed by atoms with E-state index in [1.807, 2.05) is 26.0 Å². The highest BCUT2D eigenvalue weighted by Crippen LogP contribution is 2.40. The van der Waals surface area contributed by atoms with Crippen LogP contribution in [0.3, 0.4) is 0 Å². The maximum Gasteiger partial charge on any atom is 0.200 e. The molecule has 6 heteroatoms. The van der Waals surface area contributed by atoms with Crippen molar-refractivity contribution in [3.63, 3.8) is 0 Å². The lowest BCUT2D eigenvalue weighted by Crippen LogP contribution is -2.23. The van der Waals surface area contributed by atoms with Crippen molar-refractivity contribution in [3.8, 4) is 17.2 Å². The number of ether oxygens (including phenoxy) is 2. The monoisotopic (exact) mass is 332 g/mol. The predicted molar refractivity (Wildman–Crippen MR) is 89.6 cm³/mol. The molecule has 130 valence electrons. The summed E-state index contributed by atoms with van der Waals surface area (Å²) < 4.78 is 15.9. The van der Waals surface area contributed by atoms with Crippen molar-refractivity contribution in [2.45, 2.75) is 39.3 Å². The van der Waals surface area contributed by atoms with Crippen LogP contribution in [0.2, 0.25) is 0 Å². The van der Waals surface area contributed by atoms with Crippen molar-refractivity contribution < 1.29 is 19.1 Å². The van der Waals surface area contributed by atoms with E-state index in [0.717, 1.165) is 42.9 Å². The number of hydrogen-bond donors (Lipinski definition) is 1. The zero-order chi connectivity index (χ0) is 17.3. The van der Waals surface area contributed by atoms with Gasteiger partial charge in [-0.3, -0.25) is 4.90 Å². The van der Waals surface area contributed by atoms with Gasteiger partial charge < -0.3 is 19.1 Å². The average Bonchev–Trinajstić information content (AvgIpc) is 3.15. The number of phenolic OH excluding ortho intramolecular Hbond substituents is 1. The fourth-order valence-electron chi connectivity index (χ4n) is 3.58. The molecule has 0 saturated carbocycles. The molecule has 1 aliphatic heterocycles. The van der Waals surface area contributed by atoms with Gasteiger partial charge in [-0.15, -0.1) is 0 Å². The van der Waals surface area contributed by atoms with Crippen LogP contribution in [0, 0.1) is 13.8 Å². The summed E-state index contributed by atoms with van der Waals surface area (Å²) in [5, 5.41) is 14.2. The molecule has 6 nitrogen and oxygen atoms in total. The van der Waals surface area contributed by atoms with Crippen LogP contribution >= 0.6 is 0 Å². The van der Waals surface area contributed by atoms with Gasteiger partial charge in [0.15, 0.2) is 11.5 Å². The van der Waals surface area contributed by atoms with Crippen LogP contribution in [0.4, 0.5) is 0 Å². The summed E-state index contributed by atoms with van der Waals surface area (Å²) in [6.07, 6.45) is 2.23. The number of nitrogens with zero attached hydrogens (tertiary/aromatic N) is 2. The van der Waals surface area contributed by atoms with E-state index in [1.54, 1.807) is 14.2 Å². The minimum atomic E-state index is 0.0347. The number of aryl methyl sites for hydroxylation is 2. The van der Waals surface area contributed by atoms with Crippen LogP contribution in [0.5, 0.6) is 17.2 Å². The van der Waals surface area contributed by atoms with E-state index in [0.29, 0.717) is 17.5 Å². The molecule has 1 aromatic heterocycles. The minimum Gasteiger partial charge on any atom is -0.502 e. The van der Waals surface area contributed by atoms with Crippen LogP contribution in [0.25, 0.3) is 0 Å². The first kappa shape index (κ1) is 16.6. The Morgan fingerprint density at radius 3 is 2.46 bits per heavy atom. The smallest absolute Gasteiger partial charge is 0.200 e. The molecule has 24 heavy (non-hydrogen) atoms. The summed E-state index contributed by atoms with van der Waals surface area (Å²) in [4.78, 5) is 2.41. The third-order valence-electron chi connectivity index (χ3n) is 4.71. The molecule has 0 bridgehead atoms. The molecule has 1 fully saturated rings. The zero-order valence-electron chi connectivity index (χ0n) is 14.6. The number of aromatic hydroxyl groups is 1. The number of benzene rings is 1. The molecule has 1 N–H and O–H groups in total. The van der Waals surface area contributed by atoms with Gasteiger partial charge in [-0.1, -0.05) is 5.16 Å². The van der Waals surface area contributed by atoms with Gasteiger partial charge >= 0.3 is 0 Å². The van der Waals surface area contributed by atoms with Crippen molar-refractivity contribution >= 4 is 0 Å². The molecule has 0 radical (unpaired) electrons. The maximum atomic E-state index is 10.1. The number of likely N-dealkylation sites (tertiary alicyclic amines) is 1. The molecule has 0 spiro atoms. The number of aromatic nitrogens is 1. The van der Waals surface area contributed by atoms with E-state index in [2.05, 4.69) is 10.1 Å². The third kappa shape index (κ3) is 2.94. The highest BCUT2D eigenvalue weighted by Gasteiger charge is 2.31. The van der Waals surface area contributed by atoms with Gasteiger partial charge in [0.2, 0.25) is 5.75 Å². The quantitative estimate of drug-likeness (QED) is 0.905. The van der Waals surface area contributed by atoms with Gasteiger partial charge in [0.25, 0.3) is 0 Å². The Balaban J connectivity index is 1.88. The highest BCUT2D eigenvalue weighted by molar-refractivity contribution is 5.52. The average molecular weight is 332 g/mol. The minimum absolute atomic E-state index is 0.0347. The Kier molecular flexibility index (Phi) is 4.66. The molecule has 0 amide bonds. The van der Waals surface area contributed by atoms with Crippen molar-refractivity contribution in [2.24, 2.45) is 0 Å². The van der Waals surface area contributed by atoms with Gasteiger partial charge in [-0.25, -0.2) is 0 Å². The molecule has 1 aromatic carbocycles. The number of methoxy groups -OCH3 is 2. The SMILES string of the molecule is COc1cc(CN2CCC[C@@H]2c2c(C)noc2C)cc(OC)c1O. The topological polar surface area (TPSA) is 68.0 Å². The van der Waals surface area contributed by atoms with Gasteiger partial charge in [0, 0.05) is 18.2 Å². The molecule has 2 aromatic rings. The number of rotatable bonds is 5. The standard InChI is InChI=1S/C18H24N2O4/c1-11-17(12(2)24-19-11)14-6-5-7-20(14)10-13-8-15(22-3)18(21)16(9-13)23-4/h8-9,14,21H,5-7,10H2,1-4H3/t14-/m1/s1. The van der Waals surface area contributed by atoms with Crippen molar-refractivity contribution in [1.82, 2.24) is 10.1 Å². The summed E-state index contributed by atoms with van der Waals surface area (Å²) in [7, 11) is 3.08. The maximum absolute atomic E-state index is 10.1. The summed E-state index contributed by atoms with van der Waals surface area (Å²) in [5.41, 5.74) is 3.20. The summed E-state index contributed by atoms with van der Waals surface area (Å²) in [5.74, 6) is 1.78. The van der Waals surface area contributed by atoms with E-state index in [9.17, 15) is 5.11 Å². The molecule has 3 rings (SSSR count). The summed E-state index contributed by atoms with van der Waals surface area (Å²) >= 11 is 0. The summed E-state index contributed by atoms with van der Waals surface area (Å²) in [6, 6.07) is 4.03. The lowest BCUT2D eigenvalue weighted by atomic mass is 10.0. The van der Waals surface area contributed by atoms with E-state index < -0.39 is 0 Å². The van der Waals surface area contributed by atoms with Crippen LogP contribution in [-0.4, -0.2) is 35.9 Å². The second kappa shape index (κ2) is 6.73. The third-order valence-corrected chi connectivity index (χ3v) is 4.71. The Morgan fingerprint density at radius 2 is 1.92 bits per heavy atom. The Bertz CT molecular complexity index is 681. The number of phenols is 1. The van der Waals surface area contributed by atoms with Crippen molar-refractivity contribution in [1.29, 1.82) is 0 Å². The van der Waals surface area contributed by atoms with Crippen LogP contribution in [0.1, 0.15) is 41.5 Å². The number of hydrogen-bond acceptors (Lipinski definition) is 6. The van der Waals surface area contributed by atoms with E-state index in [1.165, 1.54) is 5.56 Å². The van der Waals surface area contributed by atoms with Gasteiger partial charge in [-0.2, -0.15) is 0 Å². The molecular weight excluding hydrogens is 308 g/mol. The normalized spacial score (nSPS) is 18.1. The lowest BCUT2D eigenvalue weighted by Gasteiger charge is -2.25. The first-order chi connectivity index (χ1) is 11.5. The molecule has 1 aliphatic rings. The largest absolute Gasteiger partial charge is 0.502 e. The van der Waals surface area contributed by atoms with Gasteiger partial charge in [0.1, 0.15) is 5.76 Å². The molecule has 1 saturated heterocycles. The second-order valence-electron chi connectivity index (χ2n) is 6.22. The molecular formula is C18H24N2O4. The van der Waals surface area contributed by atoms with Crippen molar-refractivity contribution in [2.75, 3.05) is 20.8 Å². The highest BCUT2D eigenvalue weighted by atomic mass is 16.5. The van der Waals surface area contributed by atoms with Gasteiger partial charge in [-0.05, 0) is 50.9 Å². The van der Waals surface area contributed by atoms with E-state index in [4.69, 9.17) is 14.0 Å². The lowest BCUT2D eigenvalue weighted by molar-refractivity contribution is 0.244. The first-order valence-corrected chi connectivity index (χ1v) is 8.15. The Morgan fingerprint density at radius 1 is 1.25 bits per heavy atom. The Labute approximate surface area is 142 Å². The fourth-order valence-corrected chi connectivity index (χ4v) is 3.58. The zero-order valence-corrected chi connectivity index (χ0v) is 14.6. The molecule has 0 aliphatic carbocycles. The molecule has 2 heterocycles. The van der Waals surface area contributed by atoms with Crippen LogP contribution < -0.4 is 9.47 Å².